The lowest BCUT2D eigenvalue weighted by Gasteiger charge is -2.17. The molecule has 0 saturated heterocycles. The van der Waals surface area contributed by atoms with Gasteiger partial charge in [0.15, 0.2) is 5.84 Å². The zero-order valence-corrected chi connectivity index (χ0v) is 14.7. The molecule has 0 amide bonds. The lowest BCUT2D eigenvalue weighted by Crippen LogP contribution is -2.44. The van der Waals surface area contributed by atoms with E-state index in [0.29, 0.717) is 21.8 Å². The molecule has 0 saturated carbocycles. The Balaban J connectivity index is 3.13. The lowest BCUT2D eigenvalue weighted by molar-refractivity contribution is 0.315. The molecule has 1 aromatic carbocycles. The molecule has 0 bridgehead atoms. The first-order chi connectivity index (χ1) is 9.31. The van der Waals surface area contributed by atoms with Gasteiger partial charge in [-0.3, -0.25) is 0 Å². The number of sulfonamides is 1. The van der Waals surface area contributed by atoms with Gasteiger partial charge in [-0.2, -0.15) is 0 Å². The molecule has 0 radical (unpaired) electrons. The standard InChI is InChI=1S/C11H15Br2N3O3S/c1-2-3-9(11(14)15-17)16-20(18,19)10-6-7(12)4-5-8(10)13/h4-6,9,16-17H,2-3H2,1H3,(H2,14,15). The zero-order chi connectivity index (χ0) is 15.3. The lowest BCUT2D eigenvalue weighted by atomic mass is 10.2. The Labute approximate surface area is 134 Å². The number of nitrogens with one attached hydrogen (secondary N) is 1. The second-order valence-corrected chi connectivity index (χ2v) is 7.51. The van der Waals surface area contributed by atoms with Crippen molar-refractivity contribution in [1.29, 1.82) is 0 Å². The molecular weight excluding hydrogens is 414 g/mol. The van der Waals surface area contributed by atoms with Gasteiger partial charge in [-0.25, -0.2) is 13.1 Å². The van der Waals surface area contributed by atoms with E-state index < -0.39 is 16.1 Å². The van der Waals surface area contributed by atoms with Gasteiger partial charge in [-0.15, -0.1) is 0 Å². The monoisotopic (exact) mass is 427 g/mol. The Bertz CT molecular complexity index is 605. The maximum absolute atomic E-state index is 12.4. The van der Waals surface area contributed by atoms with Crippen LogP contribution in [0.25, 0.3) is 0 Å². The number of hydrogen-bond donors (Lipinski definition) is 3. The second kappa shape index (κ2) is 7.39. The molecule has 1 aromatic rings. The fourth-order valence-corrected chi connectivity index (χ4v) is 4.31. The second-order valence-electron chi connectivity index (χ2n) is 4.06. The van der Waals surface area contributed by atoms with Gasteiger partial charge in [0, 0.05) is 8.95 Å². The SMILES string of the molecule is CCCC(NS(=O)(=O)c1cc(Br)ccc1Br)/C(N)=N/O. The van der Waals surface area contributed by atoms with Gasteiger partial charge >= 0.3 is 0 Å². The van der Waals surface area contributed by atoms with Crippen LogP contribution in [0.4, 0.5) is 0 Å². The normalized spacial score (nSPS) is 14.2. The first-order valence-corrected chi connectivity index (χ1v) is 8.83. The maximum Gasteiger partial charge on any atom is 0.242 e. The summed E-state index contributed by atoms with van der Waals surface area (Å²) in [5.41, 5.74) is 5.51. The quantitative estimate of drug-likeness (QED) is 0.280. The highest BCUT2D eigenvalue weighted by molar-refractivity contribution is 9.11. The van der Waals surface area contributed by atoms with Crippen molar-refractivity contribution in [2.75, 3.05) is 0 Å². The van der Waals surface area contributed by atoms with Gasteiger partial charge in [0.25, 0.3) is 0 Å². The van der Waals surface area contributed by atoms with Crippen LogP contribution < -0.4 is 10.5 Å². The summed E-state index contributed by atoms with van der Waals surface area (Å²) in [5, 5.41) is 11.6. The Morgan fingerprint density at radius 2 is 2.15 bits per heavy atom. The van der Waals surface area contributed by atoms with E-state index in [2.05, 4.69) is 41.7 Å². The van der Waals surface area contributed by atoms with Crippen LogP contribution in [0.15, 0.2) is 37.2 Å². The van der Waals surface area contributed by atoms with Crippen molar-refractivity contribution in [3.63, 3.8) is 0 Å². The van der Waals surface area contributed by atoms with Gasteiger partial charge in [0.05, 0.1) is 10.9 Å². The van der Waals surface area contributed by atoms with Gasteiger partial charge in [-0.1, -0.05) is 34.4 Å². The number of benzene rings is 1. The van der Waals surface area contributed by atoms with Crippen molar-refractivity contribution in [1.82, 2.24) is 4.72 Å². The van der Waals surface area contributed by atoms with Gasteiger partial charge < -0.3 is 10.9 Å². The van der Waals surface area contributed by atoms with Crippen molar-refractivity contribution in [3.8, 4) is 0 Å². The first kappa shape index (κ1) is 17.4. The van der Waals surface area contributed by atoms with Crippen molar-refractivity contribution in [3.05, 3.63) is 27.1 Å². The minimum Gasteiger partial charge on any atom is -0.409 e. The fourth-order valence-electron chi connectivity index (χ4n) is 1.56. The molecule has 1 rings (SSSR count). The highest BCUT2D eigenvalue weighted by atomic mass is 79.9. The average molecular weight is 429 g/mol. The maximum atomic E-state index is 12.4. The predicted octanol–water partition coefficient (Wildman–Crippen LogP) is 2.41. The molecule has 20 heavy (non-hydrogen) atoms. The van der Waals surface area contributed by atoms with Crippen LogP contribution in [0.3, 0.4) is 0 Å². The molecule has 0 aliphatic heterocycles. The van der Waals surface area contributed by atoms with Gasteiger partial charge in [-0.05, 0) is 40.5 Å². The average Bonchev–Trinajstić information content (AvgIpc) is 2.39. The molecule has 0 fully saturated rings. The summed E-state index contributed by atoms with van der Waals surface area (Å²) < 4.78 is 28.2. The van der Waals surface area contributed by atoms with Crippen LogP contribution in [0.2, 0.25) is 0 Å². The van der Waals surface area contributed by atoms with Crippen molar-refractivity contribution < 1.29 is 13.6 Å². The minimum atomic E-state index is -3.79. The third kappa shape index (κ3) is 4.44. The largest absolute Gasteiger partial charge is 0.409 e. The summed E-state index contributed by atoms with van der Waals surface area (Å²) in [5.74, 6) is -0.165. The Morgan fingerprint density at radius 1 is 1.50 bits per heavy atom. The summed E-state index contributed by atoms with van der Waals surface area (Å²) in [6.45, 7) is 1.88. The fraction of sp³-hybridized carbons (Fsp3) is 0.364. The van der Waals surface area contributed by atoms with E-state index in [1.54, 1.807) is 12.1 Å². The first-order valence-electron chi connectivity index (χ1n) is 5.76. The minimum absolute atomic E-state index is 0.0821. The van der Waals surface area contributed by atoms with Crippen LogP contribution in [0.1, 0.15) is 19.8 Å². The van der Waals surface area contributed by atoms with Crippen molar-refractivity contribution in [2.24, 2.45) is 10.9 Å². The van der Waals surface area contributed by atoms with Crippen LogP contribution in [0, 0.1) is 0 Å². The number of nitrogens with two attached hydrogens (primary N) is 1. The number of oxime groups is 1. The Morgan fingerprint density at radius 3 is 2.70 bits per heavy atom. The highest BCUT2D eigenvalue weighted by Crippen LogP contribution is 2.25. The molecule has 1 atom stereocenters. The molecule has 0 aromatic heterocycles. The molecular formula is C11H15Br2N3O3S. The van der Waals surface area contributed by atoms with E-state index in [1.807, 2.05) is 6.92 Å². The van der Waals surface area contributed by atoms with E-state index in [1.165, 1.54) is 6.07 Å². The number of nitrogens with zero attached hydrogens (tertiary/aromatic N) is 1. The molecule has 112 valence electrons. The summed E-state index contributed by atoms with van der Waals surface area (Å²) in [4.78, 5) is 0.0821. The summed E-state index contributed by atoms with van der Waals surface area (Å²) >= 11 is 6.43. The van der Waals surface area contributed by atoms with E-state index in [-0.39, 0.29) is 10.7 Å². The third-order valence-electron chi connectivity index (χ3n) is 2.53. The predicted molar refractivity (Wildman–Crippen MR) is 84.3 cm³/mol. The van der Waals surface area contributed by atoms with E-state index in [9.17, 15) is 8.42 Å². The molecule has 0 spiro atoms. The molecule has 4 N–H and O–H groups in total. The zero-order valence-electron chi connectivity index (χ0n) is 10.7. The molecule has 1 unspecified atom stereocenters. The van der Waals surface area contributed by atoms with E-state index >= 15 is 0 Å². The number of halogens is 2. The molecule has 0 aliphatic rings. The summed E-state index contributed by atoms with van der Waals surface area (Å²) in [6.07, 6.45) is 1.11. The van der Waals surface area contributed by atoms with Crippen molar-refractivity contribution >= 4 is 47.7 Å². The van der Waals surface area contributed by atoms with Crippen LogP contribution in [-0.4, -0.2) is 25.5 Å². The number of hydrogen-bond acceptors (Lipinski definition) is 4. The number of rotatable bonds is 6. The smallest absolute Gasteiger partial charge is 0.242 e. The van der Waals surface area contributed by atoms with Gasteiger partial charge in [0.2, 0.25) is 10.0 Å². The third-order valence-corrected chi connectivity index (χ3v) is 5.49. The van der Waals surface area contributed by atoms with Gasteiger partial charge in [0.1, 0.15) is 0 Å². The Kier molecular flexibility index (Phi) is 6.44. The van der Waals surface area contributed by atoms with Crippen molar-refractivity contribution in [2.45, 2.75) is 30.7 Å². The van der Waals surface area contributed by atoms with Crippen LogP contribution in [0.5, 0.6) is 0 Å². The highest BCUT2D eigenvalue weighted by Gasteiger charge is 2.24. The molecule has 9 heteroatoms. The molecule has 6 nitrogen and oxygen atoms in total. The molecule has 0 heterocycles. The Hall–Kier alpha value is -0.640. The topological polar surface area (TPSA) is 105 Å². The van der Waals surface area contributed by atoms with E-state index in [4.69, 9.17) is 10.9 Å². The van der Waals surface area contributed by atoms with E-state index in [0.717, 1.165) is 0 Å². The van der Waals surface area contributed by atoms with Crippen LogP contribution in [-0.2, 0) is 10.0 Å². The summed E-state index contributed by atoms with van der Waals surface area (Å²) in [7, 11) is -3.79. The van der Waals surface area contributed by atoms with Crippen LogP contribution >= 0.6 is 31.9 Å². The number of amidine groups is 1. The molecule has 0 aliphatic carbocycles. The summed E-state index contributed by atoms with van der Waals surface area (Å²) in [6, 6.07) is 4.07.